The van der Waals surface area contributed by atoms with E-state index in [1.54, 1.807) is 12.5 Å². The Hall–Kier alpha value is -0.700. The molecule has 0 spiro atoms. The van der Waals surface area contributed by atoms with Gasteiger partial charge < -0.3 is 14.6 Å². The zero-order valence-corrected chi connectivity index (χ0v) is 11.6. The summed E-state index contributed by atoms with van der Waals surface area (Å²) < 4.78 is 10.5. The van der Waals surface area contributed by atoms with E-state index in [0.717, 1.165) is 50.4 Å². The highest BCUT2D eigenvalue weighted by atomic mass is 16.7. The minimum atomic E-state index is -0.487. The summed E-state index contributed by atoms with van der Waals surface area (Å²) in [5.74, 6) is 1.59. The zero-order valence-electron chi connectivity index (χ0n) is 11.6. The highest BCUT2D eigenvalue weighted by Crippen LogP contribution is 2.39. The van der Waals surface area contributed by atoms with E-state index in [2.05, 4.69) is 13.8 Å². The molecule has 2 rings (SSSR count). The standard InChI is InChI=1S/C15H26O3/c1-3-12(2)13-4-7-15(16,8-5-13)9-6-14-17-10-11-18-14/h10-14,16H,3-9H2,1-2H3. The minimum absolute atomic E-state index is 0.179. The maximum Gasteiger partial charge on any atom is 0.239 e. The Balaban J connectivity index is 1.72. The van der Waals surface area contributed by atoms with E-state index in [-0.39, 0.29) is 6.29 Å². The number of aliphatic hydroxyl groups is 1. The van der Waals surface area contributed by atoms with Crippen LogP contribution < -0.4 is 0 Å². The van der Waals surface area contributed by atoms with Crippen molar-refractivity contribution in [2.45, 2.75) is 70.7 Å². The lowest BCUT2D eigenvalue weighted by Gasteiger charge is -2.38. The molecule has 1 aliphatic carbocycles. The second kappa shape index (κ2) is 5.96. The molecule has 0 aromatic carbocycles. The van der Waals surface area contributed by atoms with Crippen LogP contribution in [0.2, 0.25) is 0 Å². The lowest BCUT2D eigenvalue weighted by molar-refractivity contribution is -0.0694. The Morgan fingerprint density at radius 2 is 1.89 bits per heavy atom. The lowest BCUT2D eigenvalue weighted by atomic mass is 9.72. The number of ether oxygens (including phenoxy) is 2. The largest absolute Gasteiger partial charge is 0.459 e. The third-order valence-electron chi connectivity index (χ3n) is 4.77. The summed E-state index contributed by atoms with van der Waals surface area (Å²) in [6, 6.07) is 0. The van der Waals surface area contributed by atoms with E-state index in [0.29, 0.717) is 0 Å². The maximum atomic E-state index is 10.6. The molecule has 104 valence electrons. The first-order valence-corrected chi connectivity index (χ1v) is 7.31. The molecule has 0 bridgehead atoms. The van der Waals surface area contributed by atoms with Gasteiger partial charge in [0.05, 0.1) is 5.60 Å². The van der Waals surface area contributed by atoms with Crippen LogP contribution in [0.15, 0.2) is 12.5 Å². The summed E-state index contributed by atoms with van der Waals surface area (Å²) in [5, 5.41) is 10.6. The first-order valence-electron chi connectivity index (χ1n) is 7.31. The summed E-state index contributed by atoms with van der Waals surface area (Å²) in [4.78, 5) is 0. The third-order valence-corrected chi connectivity index (χ3v) is 4.77. The molecule has 0 aromatic rings. The van der Waals surface area contributed by atoms with Crippen LogP contribution in [0.1, 0.15) is 58.8 Å². The molecule has 18 heavy (non-hydrogen) atoms. The van der Waals surface area contributed by atoms with Crippen LogP contribution in [-0.2, 0) is 9.47 Å². The van der Waals surface area contributed by atoms with Crippen LogP contribution in [0, 0.1) is 11.8 Å². The average molecular weight is 254 g/mol. The molecular weight excluding hydrogens is 228 g/mol. The molecule has 0 amide bonds. The first kappa shape index (κ1) is 13.7. The highest BCUT2D eigenvalue weighted by molar-refractivity contribution is 4.87. The molecule has 1 saturated carbocycles. The monoisotopic (exact) mass is 254 g/mol. The molecule has 0 radical (unpaired) electrons. The summed E-state index contributed by atoms with van der Waals surface area (Å²) in [5.41, 5.74) is -0.487. The molecule has 0 saturated heterocycles. The summed E-state index contributed by atoms with van der Waals surface area (Å²) in [7, 11) is 0. The highest BCUT2D eigenvalue weighted by Gasteiger charge is 2.35. The molecule has 1 atom stereocenters. The Kier molecular flexibility index (Phi) is 4.55. The molecule has 1 heterocycles. The Morgan fingerprint density at radius 1 is 1.28 bits per heavy atom. The molecule has 3 heteroatoms. The van der Waals surface area contributed by atoms with E-state index in [1.807, 2.05) is 0 Å². The van der Waals surface area contributed by atoms with Crippen molar-refractivity contribution in [2.75, 3.05) is 0 Å². The van der Waals surface area contributed by atoms with Gasteiger partial charge in [-0.3, -0.25) is 0 Å². The van der Waals surface area contributed by atoms with Crippen LogP contribution in [0.4, 0.5) is 0 Å². The molecule has 1 N–H and O–H groups in total. The van der Waals surface area contributed by atoms with Gasteiger partial charge in [-0.1, -0.05) is 20.3 Å². The van der Waals surface area contributed by atoms with Gasteiger partial charge in [-0.05, 0) is 43.9 Å². The van der Waals surface area contributed by atoms with Crippen LogP contribution in [0.3, 0.4) is 0 Å². The predicted octanol–water partition coefficient (Wildman–Crippen LogP) is 3.58. The maximum absolute atomic E-state index is 10.6. The van der Waals surface area contributed by atoms with Crippen molar-refractivity contribution >= 4 is 0 Å². The quantitative estimate of drug-likeness (QED) is 0.815. The summed E-state index contributed by atoms with van der Waals surface area (Å²) in [6.45, 7) is 4.59. The molecule has 2 aliphatic rings. The average Bonchev–Trinajstić information content (AvgIpc) is 2.90. The fourth-order valence-corrected chi connectivity index (χ4v) is 3.12. The molecule has 3 nitrogen and oxygen atoms in total. The van der Waals surface area contributed by atoms with E-state index >= 15 is 0 Å². The van der Waals surface area contributed by atoms with Gasteiger partial charge in [0, 0.05) is 6.42 Å². The smallest absolute Gasteiger partial charge is 0.239 e. The van der Waals surface area contributed by atoms with Gasteiger partial charge in [0.1, 0.15) is 12.5 Å². The fraction of sp³-hybridized carbons (Fsp3) is 0.867. The van der Waals surface area contributed by atoms with Crippen LogP contribution in [0.5, 0.6) is 0 Å². The predicted molar refractivity (Wildman–Crippen MR) is 70.7 cm³/mol. The van der Waals surface area contributed by atoms with Crippen molar-refractivity contribution in [1.82, 2.24) is 0 Å². The molecule has 0 aromatic heterocycles. The van der Waals surface area contributed by atoms with Crippen molar-refractivity contribution in [1.29, 1.82) is 0 Å². The van der Waals surface area contributed by atoms with Crippen LogP contribution in [0.25, 0.3) is 0 Å². The van der Waals surface area contributed by atoms with Gasteiger partial charge >= 0.3 is 0 Å². The molecule has 1 fully saturated rings. The van der Waals surface area contributed by atoms with Crippen molar-refractivity contribution in [3.63, 3.8) is 0 Å². The SMILES string of the molecule is CCC(C)C1CCC(O)(CCC2OC=CO2)CC1. The van der Waals surface area contributed by atoms with Gasteiger partial charge in [-0.2, -0.15) is 0 Å². The Morgan fingerprint density at radius 3 is 2.44 bits per heavy atom. The van der Waals surface area contributed by atoms with Crippen LogP contribution >= 0.6 is 0 Å². The summed E-state index contributed by atoms with van der Waals surface area (Å²) >= 11 is 0. The van der Waals surface area contributed by atoms with Gasteiger partial charge in [-0.25, -0.2) is 0 Å². The first-order chi connectivity index (χ1) is 8.63. The second-order valence-corrected chi connectivity index (χ2v) is 5.96. The third kappa shape index (κ3) is 3.41. The van der Waals surface area contributed by atoms with Crippen molar-refractivity contribution < 1.29 is 14.6 Å². The van der Waals surface area contributed by atoms with Gasteiger partial charge in [0.25, 0.3) is 0 Å². The van der Waals surface area contributed by atoms with Gasteiger partial charge in [0.15, 0.2) is 0 Å². The topological polar surface area (TPSA) is 38.7 Å². The van der Waals surface area contributed by atoms with Crippen molar-refractivity contribution in [2.24, 2.45) is 11.8 Å². The van der Waals surface area contributed by atoms with Gasteiger partial charge in [-0.15, -0.1) is 0 Å². The second-order valence-electron chi connectivity index (χ2n) is 5.96. The Labute approximate surface area is 110 Å². The number of hydrogen-bond acceptors (Lipinski definition) is 3. The van der Waals surface area contributed by atoms with Crippen molar-refractivity contribution in [3.8, 4) is 0 Å². The van der Waals surface area contributed by atoms with Crippen LogP contribution in [-0.4, -0.2) is 17.0 Å². The van der Waals surface area contributed by atoms with E-state index in [9.17, 15) is 5.11 Å². The molecule has 1 unspecified atom stereocenters. The molecular formula is C15H26O3. The minimum Gasteiger partial charge on any atom is -0.459 e. The van der Waals surface area contributed by atoms with E-state index in [4.69, 9.17) is 9.47 Å². The zero-order chi connectivity index (χ0) is 13.0. The number of rotatable bonds is 5. The normalized spacial score (nSPS) is 34.1. The van der Waals surface area contributed by atoms with Gasteiger partial charge in [0.2, 0.25) is 6.29 Å². The summed E-state index contributed by atoms with van der Waals surface area (Å²) in [6.07, 6.45) is 9.98. The Bertz CT molecular complexity index is 271. The van der Waals surface area contributed by atoms with Crippen molar-refractivity contribution in [3.05, 3.63) is 12.5 Å². The fourth-order valence-electron chi connectivity index (χ4n) is 3.12. The number of hydrogen-bond donors (Lipinski definition) is 1. The van der Waals surface area contributed by atoms with E-state index < -0.39 is 5.60 Å². The lowest BCUT2D eigenvalue weighted by Crippen LogP contribution is -2.36. The van der Waals surface area contributed by atoms with E-state index in [1.165, 1.54) is 6.42 Å². The molecule has 1 aliphatic heterocycles.